The van der Waals surface area contributed by atoms with E-state index in [9.17, 15) is 14.0 Å². The summed E-state index contributed by atoms with van der Waals surface area (Å²) in [6.07, 6.45) is 6.60. The van der Waals surface area contributed by atoms with Gasteiger partial charge in [0.05, 0.1) is 30.1 Å². The zero-order valence-corrected chi connectivity index (χ0v) is 21.9. The molecule has 2 atom stereocenters. The van der Waals surface area contributed by atoms with Crippen molar-refractivity contribution in [2.24, 2.45) is 0 Å². The molecule has 2 aromatic heterocycles. The first kappa shape index (κ1) is 25.3. The molecule has 0 spiro atoms. The first-order chi connectivity index (χ1) is 19.0. The number of ether oxygens (including phenoxy) is 1. The molecule has 39 heavy (non-hydrogen) atoms. The molecule has 7 nitrogen and oxygen atoms in total. The van der Waals surface area contributed by atoms with Gasteiger partial charge in [0.1, 0.15) is 29.3 Å². The Bertz CT molecular complexity index is 1550. The Morgan fingerprint density at radius 1 is 1.05 bits per heavy atom. The summed E-state index contributed by atoms with van der Waals surface area (Å²) < 4.78 is 36.4. The fourth-order valence-electron chi connectivity index (χ4n) is 5.89. The lowest BCUT2D eigenvalue weighted by Gasteiger charge is -2.26. The van der Waals surface area contributed by atoms with Gasteiger partial charge in [-0.1, -0.05) is 6.07 Å². The molecule has 0 radical (unpaired) electrons. The summed E-state index contributed by atoms with van der Waals surface area (Å²) in [6, 6.07) is 15.3. The van der Waals surface area contributed by atoms with E-state index in [0.717, 1.165) is 36.7 Å². The van der Waals surface area contributed by atoms with Crippen molar-refractivity contribution in [2.75, 3.05) is 31.6 Å². The van der Waals surface area contributed by atoms with Crippen LogP contribution in [0.1, 0.15) is 49.3 Å². The highest BCUT2D eigenvalue weighted by molar-refractivity contribution is 5.67. The lowest BCUT2D eigenvalue weighted by molar-refractivity contribution is 0.233. The van der Waals surface area contributed by atoms with E-state index in [0.29, 0.717) is 54.0 Å². The van der Waals surface area contributed by atoms with Gasteiger partial charge in [-0.15, -0.1) is 5.10 Å². The maximum atomic E-state index is 14.6. The van der Waals surface area contributed by atoms with E-state index >= 15 is 0 Å². The van der Waals surface area contributed by atoms with Crippen molar-refractivity contribution in [1.29, 1.82) is 5.26 Å². The molecule has 2 aromatic carbocycles. The highest BCUT2D eigenvalue weighted by Crippen LogP contribution is 2.37. The molecule has 2 saturated heterocycles. The minimum absolute atomic E-state index is 0.300. The van der Waals surface area contributed by atoms with Gasteiger partial charge in [0.2, 0.25) is 0 Å². The second-order valence-corrected chi connectivity index (χ2v) is 10.4. The minimum atomic E-state index is -0.451. The molecule has 0 bridgehead atoms. The first-order valence-electron chi connectivity index (χ1n) is 13.5. The number of imidazole rings is 1. The average molecular weight is 529 g/mol. The van der Waals surface area contributed by atoms with Gasteiger partial charge >= 0.3 is 0 Å². The number of hydrogen-bond acceptors (Lipinski definition) is 6. The molecule has 0 amide bonds. The van der Waals surface area contributed by atoms with E-state index in [1.54, 1.807) is 16.8 Å². The molecule has 0 saturated carbocycles. The van der Waals surface area contributed by atoms with Crippen LogP contribution in [-0.2, 0) is 0 Å². The predicted octanol–water partition coefficient (Wildman–Crippen LogP) is 5.75. The van der Waals surface area contributed by atoms with Crippen molar-refractivity contribution >= 4 is 11.5 Å². The maximum Gasteiger partial charge on any atom is 0.154 e. The Kier molecular flexibility index (Phi) is 6.88. The van der Waals surface area contributed by atoms with Crippen LogP contribution in [0.25, 0.3) is 16.9 Å². The van der Waals surface area contributed by atoms with Crippen molar-refractivity contribution < 1.29 is 13.5 Å². The smallest absolute Gasteiger partial charge is 0.154 e. The minimum Gasteiger partial charge on any atom is -0.492 e. The lowest BCUT2D eigenvalue weighted by atomic mass is 10.0. The largest absolute Gasteiger partial charge is 0.492 e. The Balaban J connectivity index is 1.29. The quantitative estimate of drug-likeness (QED) is 0.304. The third-order valence-electron chi connectivity index (χ3n) is 7.99. The number of rotatable bonds is 7. The van der Waals surface area contributed by atoms with E-state index in [4.69, 9.17) is 9.84 Å². The zero-order chi connectivity index (χ0) is 26.9. The van der Waals surface area contributed by atoms with Crippen LogP contribution in [-0.4, -0.2) is 52.3 Å². The fourth-order valence-corrected chi connectivity index (χ4v) is 5.89. The van der Waals surface area contributed by atoms with Gasteiger partial charge in [0, 0.05) is 23.7 Å². The average Bonchev–Trinajstić information content (AvgIpc) is 3.70. The standard InChI is InChI=1S/C30H30F2N6O/c1-36-13-2-4-23(36)12-15-39-28-16-20(6-7-21(28)18-33)27-19-34-29-10-11-30(35-38(27)29)37-14-3-5-26(37)24-17-22(31)8-9-25(24)32/h6-11,16-17,19,23,26H,2-5,12-15H2,1H3. The van der Waals surface area contributed by atoms with Crippen LogP contribution in [0.4, 0.5) is 14.6 Å². The second-order valence-electron chi connectivity index (χ2n) is 10.4. The monoisotopic (exact) mass is 528 g/mol. The molecule has 2 aliphatic heterocycles. The summed E-state index contributed by atoms with van der Waals surface area (Å²) in [7, 11) is 2.14. The van der Waals surface area contributed by atoms with Gasteiger partial charge in [-0.3, -0.25) is 0 Å². The molecular weight excluding hydrogens is 498 g/mol. The van der Waals surface area contributed by atoms with Gasteiger partial charge in [0.25, 0.3) is 0 Å². The van der Waals surface area contributed by atoms with Crippen molar-refractivity contribution in [3.8, 4) is 23.1 Å². The molecular formula is C30H30F2N6O. The number of benzene rings is 2. The molecule has 2 unspecified atom stereocenters. The number of fused-ring (bicyclic) bond motifs is 1. The number of anilines is 1. The summed E-state index contributed by atoms with van der Waals surface area (Å²) in [6.45, 7) is 2.34. The molecule has 6 rings (SSSR count). The number of likely N-dealkylation sites (tertiary alicyclic amines) is 1. The Morgan fingerprint density at radius 2 is 1.92 bits per heavy atom. The van der Waals surface area contributed by atoms with E-state index in [1.165, 1.54) is 25.0 Å². The normalized spacial score (nSPS) is 19.6. The number of hydrogen-bond donors (Lipinski definition) is 0. The van der Waals surface area contributed by atoms with Gasteiger partial charge < -0.3 is 14.5 Å². The van der Waals surface area contributed by atoms with Gasteiger partial charge in [0.15, 0.2) is 5.65 Å². The van der Waals surface area contributed by atoms with E-state index in [1.807, 2.05) is 29.2 Å². The van der Waals surface area contributed by atoms with Crippen LogP contribution in [0.2, 0.25) is 0 Å². The van der Waals surface area contributed by atoms with Crippen LogP contribution in [0.3, 0.4) is 0 Å². The van der Waals surface area contributed by atoms with Crippen molar-refractivity contribution in [1.82, 2.24) is 19.5 Å². The molecule has 200 valence electrons. The van der Waals surface area contributed by atoms with E-state index < -0.39 is 11.6 Å². The second kappa shape index (κ2) is 10.6. The zero-order valence-electron chi connectivity index (χ0n) is 21.9. The molecule has 0 N–H and O–H groups in total. The molecule has 9 heteroatoms. The molecule has 2 fully saturated rings. The highest BCUT2D eigenvalue weighted by atomic mass is 19.1. The lowest BCUT2D eigenvalue weighted by Crippen LogP contribution is -2.26. The topological polar surface area (TPSA) is 69.7 Å². The molecule has 2 aliphatic rings. The fraction of sp³-hybridized carbons (Fsp3) is 0.367. The van der Waals surface area contributed by atoms with Crippen LogP contribution >= 0.6 is 0 Å². The van der Waals surface area contributed by atoms with Crippen LogP contribution in [0, 0.1) is 23.0 Å². The number of nitriles is 1. The Morgan fingerprint density at radius 3 is 2.74 bits per heavy atom. The highest BCUT2D eigenvalue weighted by Gasteiger charge is 2.30. The van der Waals surface area contributed by atoms with Crippen molar-refractivity contribution in [3.05, 3.63) is 77.5 Å². The van der Waals surface area contributed by atoms with Gasteiger partial charge in [-0.25, -0.2) is 18.3 Å². The number of halogens is 2. The maximum absolute atomic E-state index is 14.6. The molecule has 4 aromatic rings. The van der Waals surface area contributed by atoms with Crippen molar-refractivity contribution in [3.63, 3.8) is 0 Å². The van der Waals surface area contributed by atoms with Crippen LogP contribution in [0.15, 0.2) is 54.7 Å². The van der Waals surface area contributed by atoms with E-state index in [2.05, 4.69) is 23.0 Å². The third kappa shape index (κ3) is 4.92. The van der Waals surface area contributed by atoms with Crippen molar-refractivity contribution in [2.45, 2.75) is 44.2 Å². The van der Waals surface area contributed by atoms with Gasteiger partial charge in [-0.05, 0) is 88.2 Å². The summed E-state index contributed by atoms with van der Waals surface area (Å²) in [5.41, 5.74) is 3.08. The van der Waals surface area contributed by atoms with Crippen LogP contribution < -0.4 is 9.64 Å². The van der Waals surface area contributed by atoms with Gasteiger partial charge in [-0.2, -0.15) is 5.26 Å². The summed E-state index contributed by atoms with van der Waals surface area (Å²) in [4.78, 5) is 8.91. The number of aromatic nitrogens is 3. The number of nitrogens with zero attached hydrogens (tertiary/aromatic N) is 6. The Hall–Kier alpha value is -4.03. The third-order valence-corrected chi connectivity index (χ3v) is 7.99. The Labute approximate surface area is 226 Å². The SMILES string of the molecule is CN1CCCC1CCOc1cc(-c2cnc3ccc(N4CCCC4c4cc(F)ccc4F)nn23)ccc1C#N. The van der Waals surface area contributed by atoms with E-state index in [-0.39, 0.29) is 6.04 Å². The molecule has 0 aliphatic carbocycles. The summed E-state index contributed by atoms with van der Waals surface area (Å²) in [5.74, 6) is 0.344. The molecule has 4 heterocycles. The van der Waals surface area contributed by atoms with Crippen LogP contribution in [0.5, 0.6) is 5.75 Å². The summed E-state index contributed by atoms with van der Waals surface area (Å²) >= 11 is 0. The summed E-state index contributed by atoms with van der Waals surface area (Å²) in [5, 5.41) is 14.5. The predicted molar refractivity (Wildman–Crippen MR) is 145 cm³/mol. The first-order valence-corrected chi connectivity index (χ1v) is 13.5.